The molecule has 0 bridgehead atoms. The molecule has 8 rings (SSSR count). The van der Waals surface area contributed by atoms with E-state index in [2.05, 4.69) is 40.8 Å². The Morgan fingerprint density at radius 2 is 0.787 bits per heavy atom. The smallest absolute Gasteiger partial charge is 0.418 e. The van der Waals surface area contributed by atoms with Crippen molar-refractivity contribution in [2.75, 3.05) is 10.6 Å². The quantitative estimate of drug-likeness (QED) is 0.0962. The van der Waals surface area contributed by atoms with Crippen molar-refractivity contribution in [2.24, 2.45) is 10.2 Å². The molecular formula is C38H30B2F8FeN10O2. The first-order chi connectivity index (χ1) is 28.7. The van der Waals surface area contributed by atoms with Crippen LogP contribution in [0.3, 0.4) is 0 Å². The number of halogens is 8. The number of para-hydroxylation sites is 2. The zero-order valence-corrected chi connectivity index (χ0v) is 32.2. The van der Waals surface area contributed by atoms with Crippen LogP contribution in [-0.2, 0) is 17.1 Å². The monoisotopic (exact) mass is 888 g/mol. The third-order valence-corrected chi connectivity index (χ3v) is 7.74. The summed E-state index contributed by atoms with van der Waals surface area (Å²) in [6.45, 7) is 0. The summed E-state index contributed by atoms with van der Waals surface area (Å²) < 4.78 is 78.0. The van der Waals surface area contributed by atoms with Crippen LogP contribution < -0.4 is 10.6 Å². The molecular weight excluding hydrogens is 858 g/mol. The summed E-state index contributed by atoms with van der Waals surface area (Å²) in [5.41, 5.74) is 5.47. The Kier molecular flexibility index (Phi) is 16.7. The van der Waals surface area contributed by atoms with Crippen LogP contribution in [-0.4, -0.2) is 68.7 Å². The van der Waals surface area contributed by atoms with Gasteiger partial charge in [0.25, 0.3) is 11.8 Å². The molecule has 0 saturated heterocycles. The molecule has 6 heterocycles. The molecule has 2 atom stereocenters. The Morgan fingerprint density at radius 3 is 1.10 bits per heavy atom. The molecule has 0 radical (unpaired) electrons. The van der Waals surface area contributed by atoms with Gasteiger partial charge in [0.05, 0.1) is 46.3 Å². The number of fused-ring (bicyclic) bond motifs is 2. The maximum absolute atomic E-state index is 12.9. The van der Waals surface area contributed by atoms with E-state index < -0.39 is 26.8 Å². The van der Waals surface area contributed by atoms with Gasteiger partial charge in [0.15, 0.2) is 12.3 Å². The fourth-order valence-electron chi connectivity index (χ4n) is 5.35. The fourth-order valence-corrected chi connectivity index (χ4v) is 5.35. The van der Waals surface area contributed by atoms with Crippen LogP contribution in [0.15, 0.2) is 156 Å². The van der Waals surface area contributed by atoms with E-state index in [1.165, 1.54) is 10.0 Å². The molecule has 0 unspecified atom stereocenters. The molecule has 6 aromatic rings. The molecule has 23 heteroatoms. The van der Waals surface area contributed by atoms with Gasteiger partial charge in [-0.05, 0) is 72.8 Å². The molecule has 2 amide bonds. The number of hydrogen-bond acceptors (Lipinski definition) is 10. The van der Waals surface area contributed by atoms with Crippen LogP contribution in [0.4, 0.5) is 45.9 Å². The number of hydrazone groups is 2. The summed E-state index contributed by atoms with van der Waals surface area (Å²) in [7, 11) is -12.0. The molecule has 2 aliphatic rings. The van der Waals surface area contributed by atoms with Crippen molar-refractivity contribution >= 4 is 50.1 Å². The maximum Gasteiger partial charge on any atom is 2.00 e. The van der Waals surface area contributed by atoms with E-state index in [0.29, 0.717) is 33.9 Å². The van der Waals surface area contributed by atoms with Gasteiger partial charge in [-0.25, -0.2) is 10.0 Å². The van der Waals surface area contributed by atoms with E-state index in [1.54, 1.807) is 49.3 Å². The predicted octanol–water partition coefficient (Wildman–Crippen LogP) is 8.75. The average molecular weight is 888 g/mol. The molecule has 2 N–H and O–H groups in total. The summed E-state index contributed by atoms with van der Waals surface area (Å²) in [5.74, 6) is -0.366. The first-order valence-electron chi connectivity index (χ1n) is 17.5. The first kappa shape index (κ1) is 46.7. The topological polar surface area (TPSA) is 141 Å². The zero-order valence-electron chi connectivity index (χ0n) is 31.1. The van der Waals surface area contributed by atoms with Gasteiger partial charge < -0.3 is 45.2 Å². The molecule has 12 nitrogen and oxygen atoms in total. The second kappa shape index (κ2) is 21.8. The third kappa shape index (κ3) is 14.7. The van der Waals surface area contributed by atoms with Crippen molar-refractivity contribution in [3.63, 3.8) is 0 Å². The van der Waals surface area contributed by atoms with Crippen LogP contribution in [0.1, 0.15) is 55.8 Å². The molecule has 0 aliphatic carbocycles. The number of nitrogens with one attached hydrogen (secondary N) is 2. The molecule has 4 aromatic heterocycles. The summed E-state index contributed by atoms with van der Waals surface area (Å²) in [4.78, 5) is 43.0. The number of carbonyl (C=O) groups is 2. The summed E-state index contributed by atoms with van der Waals surface area (Å²) >= 11 is 0. The van der Waals surface area contributed by atoms with E-state index in [4.69, 9.17) is 0 Å². The molecule has 61 heavy (non-hydrogen) atoms. The molecule has 314 valence electrons. The number of aromatic nitrogens is 4. The van der Waals surface area contributed by atoms with E-state index in [9.17, 15) is 44.1 Å². The number of anilines is 2. The van der Waals surface area contributed by atoms with Gasteiger partial charge in [-0.2, -0.15) is 10.2 Å². The average Bonchev–Trinajstić information content (AvgIpc) is 3.23. The molecule has 2 aromatic carbocycles. The Hall–Kier alpha value is -6.99. The number of nitrogens with zero attached hydrogens (tertiary/aromatic N) is 8. The van der Waals surface area contributed by atoms with Crippen molar-refractivity contribution in [1.82, 2.24) is 30.0 Å². The minimum Gasteiger partial charge on any atom is -0.418 e. The van der Waals surface area contributed by atoms with Crippen LogP contribution >= 0.6 is 0 Å². The van der Waals surface area contributed by atoms with Gasteiger partial charge in [-0.1, -0.05) is 48.5 Å². The second-order valence-electron chi connectivity index (χ2n) is 12.0. The number of amides is 2. The van der Waals surface area contributed by atoms with Gasteiger partial charge in [0, 0.05) is 36.2 Å². The third-order valence-electron chi connectivity index (χ3n) is 7.74. The van der Waals surface area contributed by atoms with E-state index in [0.717, 1.165) is 11.4 Å². The van der Waals surface area contributed by atoms with Crippen LogP contribution in [0.5, 0.6) is 0 Å². The maximum atomic E-state index is 12.9. The minimum absolute atomic E-state index is 0. The molecule has 2 aliphatic heterocycles. The standard InChI is InChI=1S/2C19H15N5O.2BF4.Fe/c2*25-19-15-8-1-2-9-16(15)23-18(17-10-4-6-12-21-17)24(19)22-13-14-7-3-5-11-20-14;2*2-1(3,4)5;/h2*1-13,18,23H;;;/q;;2*-1;+2/b2*22-13+;;;/t2*18-;;;/m11.../s1. The predicted molar refractivity (Wildman–Crippen MR) is 210 cm³/mol. The van der Waals surface area contributed by atoms with Gasteiger partial charge in [0.1, 0.15) is 0 Å². The Morgan fingerprint density at radius 1 is 0.475 bits per heavy atom. The van der Waals surface area contributed by atoms with Gasteiger partial charge in [-0.3, -0.25) is 29.5 Å². The summed E-state index contributed by atoms with van der Waals surface area (Å²) in [6.07, 6.45) is 8.94. The number of benzene rings is 2. The summed E-state index contributed by atoms with van der Waals surface area (Å²) in [6, 6.07) is 37.0. The van der Waals surface area contributed by atoms with Crippen LogP contribution in [0, 0.1) is 0 Å². The Bertz CT molecular complexity index is 2200. The van der Waals surface area contributed by atoms with Gasteiger partial charge in [-0.15, -0.1) is 0 Å². The summed E-state index contributed by atoms with van der Waals surface area (Å²) in [5, 5.41) is 18.3. The number of carbonyl (C=O) groups excluding carboxylic acids is 2. The SMILES string of the molecule is F[B-](F)(F)F.F[B-](F)(F)F.O=C1c2ccccc2N[C@@H](c2ccccn2)N1/N=C/c1ccccn1.O=C1c2ccccc2N[C@@H](c2ccccn2)N1/N=C/c1ccccn1.[Fe+2]. The molecule has 0 fully saturated rings. The number of rotatable bonds is 6. The van der Waals surface area contributed by atoms with Crippen molar-refractivity contribution < 1.29 is 61.2 Å². The van der Waals surface area contributed by atoms with E-state index >= 15 is 0 Å². The minimum atomic E-state index is -6.00. The van der Waals surface area contributed by atoms with E-state index in [-0.39, 0.29) is 28.9 Å². The second-order valence-corrected chi connectivity index (χ2v) is 12.0. The van der Waals surface area contributed by atoms with Crippen molar-refractivity contribution in [3.05, 3.63) is 180 Å². The van der Waals surface area contributed by atoms with Crippen molar-refractivity contribution in [2.45, 2.75) is 12.3 Å². The first-order valence-corrected chi connectivity index (χ1v) is 17.5. The van der Waals surface area contributed by atoms with Crippen molar-refractivity contribution in [3.8, 4) is 0 Å². The molecule has 0 spiro atoms. The Labute approximate surface area is 353 Å². The van der Waals surface area contributed by atoms with Gasteiger partial charge >= 0.3 is 31.6 Å². The van der Waals surface area contributed by atoms with Crippen LogP contribution in [0.25, 0.3) is 0 Å². The largest absolute Gasteiger partial charge is 2.00 e. The normalized spacial score (nSPS) is 15.5. The van der Waals surface area contributed by atoms with Crippen molar-refractivity contribution in [1.29, 1.82) is 0 Å². The zero-order chi connectivity index (χ0) is 43.1. The fraction of sp³-hybridized carbons (Fsp3) is 0.0526. The molecule has 0 saturated carbocycles. The number of hydrogen-bond donors (Lipinski definition) is 2. The van der Waals surface area contributed by atoms with E-state index in [1.807, 2.05) is 109 Å². The van der Waals surface area contributed by atoms with Crippen LogP contribution in [0.2, 0.25) is 0 Å². The Balaban J connectivity index is 0.000000217. The number of pyridine rings is 4. The van der Waals surface area contributed by atoms with Gasteiger partial charge in [0.2, 0.25) is 0 Å².